The van der Waals surface area contributed by atoms with Crippen molar-refractivity contribution in [2.24, 2.45) is 4.40 Å². The molecule has 0 amide bonds. The number of fused-ring (bicyclic) bond motifs is 1. The number of esters is 1. The average molecular weight is 394 g/mol. The van der Waals surface area contributed by atoms with Gasteiger partial charge >= 0.3 is 5.97 Å². The van der Waals surface area contributed by atoms with E-state index in [1.807, 2.05) is 54.6 Å². The second-order valence-electron chi connectivity index (χ2n) is 6.49. The summed E-state index contributed by atoms with van der Waals surface area (Å²) in [5.74, 6) is -0.216. The van der Waals surface area contributed by atoms with Crippen LogP contribution in [0.1, 0.15) is 5.56 Å². The predicted octanol–water partition coefficient (Wildman–Crippen LogP) is 2.89. The normalized spacial score (nSPS) is 17.4. The number of amidine groups is 1. The van der Waals surface area contributed by atoms with E-state index in [2.05, 4.69) is 4.40 Å². The fourth-order valence-corrected chi connectivity index (χ4v) is 3.95. The molecule has 0 spiro atoms. The molecule has 7 heteroatoms. The molecule has 0 fully saturated rings. The maximum atomic E-state index is 12.3. The van der Waals surface area contributed by atoms with Crippen molar-refractivity contribution >= 4 is 21.8 Å². The van der Waals surface area contributed by atoms with E-state index in [4.69, 9.17) is 4.74 Å². The van der Waals surface area contributed by atoms with E-state index in [-0.39, 0.29) is 18.9 Å². The number of hydrogen-bond donors (Lipinski definition) is 0. The molecule has 2 heterocycles. The van der Waals surface area contributed by atoms with Crippen LogP contribution in [0.3, 0.4) is 0 Å². The highest BCUT2D eigenvalue weighted by atomic mass is 32.2. The van der Waals surface area contributed by atoms with E-state index in [9.17, 15) is 13.2 Å². The van der Waals surface area contributed by atoms with E-state index < -0.39 is 16.0 Å². The molecule has 2 aliphatic heterocycles. The number of rotatable bonds is 4. The summed E-state index contributed by atoms with van der Waals surface area (Å²) >= 11 is 0. The van der Waals surface area contributed by atoms with Gasteiger partial charge in [-0.2, -0.15) is 0 Å². The first-order valence-electron chi connectivity index (χ1n) is 8.81. The summed E-state index contributed by atoms with van der Waals surface area (Å²) in [4.78, 5) is 14.0. The third kappa shape index (κ3) is 4.04. The van der Waals surface area contributed by atoms with Gasteiger partial charge in [-0.1, -0.05) is 54.6 Å². The van der Waals surface area contributed by atoms with Gasteiger partial charge in [-0.05, 0) is 28.8 Å². The Balaban J connectivity index is 1.39. The second kappa shape index (κ2) is 7.44. The summed E-state index contributed by atoms with van der Waals surface area (Å²) in [5, 5.41) is 0. The predicted molar refractivity (Wildman–Crippen MR) is 107 cm³/mol. The van der Waals surface area contributed by atoms with Crippen LogP contribution in [0.2, 0.25) is 0 Å². The largest absolute Gasteiger partial charge is 0.457 e. The van der Waals surface area contributed by atoms with Gasteiger partial charge in [0.2, 0.25) is 0 Å². The van der Waals surface area contributed by atoms with Gasteiger partial charge in [0.1, 0.15) is 12.4 Å². The van der Waals surface area contributed by atoms with Crippen LogP contribution in [0.4, 0.5) is 0 Å². The summed E-state index contributed by atoms with van der Waals surface area (Å²) < 4.78 is 32.1. The van der Waals surface area contributed by atoms with Gasteiger partial charge in [0.25, 0.3) is 10.0 Å². The molecular formula is C21H18N2O4S. The standard InChI is InChI=1S/C21H18N2O4S/c24-21(19-10-11-20-22-28(25,26)13-12-23(20)14-19)27-15-16-6-8-18(9-7-16)17-4-2-1-3-5-17/h1-11,14H,12-13,15H2. The highest BCUT2D eigenvalue weighted by molar-refractivity contribution is 7.90. The van der Waals surface area contributed by atoms with Gasteiger partial charge in [0, 0.05) is 12.7 Å². The topological polar surface area (TPSA) is 76.0 Å². The van der Waals surface area contributed by atoms with Crippen molar-refractivity contribution in [3.8, 4) is 11.1 Å². The molecular weight excluding hydrogens is 376 g/mol. The minimum absolute atomic E-state index is 0.0725. The summed E-state index contributed by atoms with van der Waals surface area (Å²) in [7, 11) is -3.41. The third-order valence-corrected chi connectivity index (χ3v) is 5.65. The number of benzene rings is 2. The fourth-order valence-electron chi connectivity index (χ4n) is 2.98. The van der Waals surface area contributed by atoms with Gasteiger partial charge in [-0.3, -0.25) is 0 Å². The van der Waals surface area contributed by atoms with Gasteiger partial charge in [0.15, 0.2) is 0 Å². The van der Waals surface area contributed by atoms with Crippen LogP contribution in [-0.4, -0.2) is 37.4 Å². The highest BCUT2D eigenvalue weighted by Gasteiger charge is 2.25. The van der Waals surface area contributed by atoms with E-state index >= 15 is 0 Å². The molecule has 28 heavy (non-hydrogen) atoms. The molecule has 0 atom stereocenters. The zero-order valence-electron chi connectivity index (χ0n) is 15.0. The molecule has 0 bridgehead atoms. The van der Waals surface area contributed by atoms with E-state index in [0.29, 0.717) is 11.4 Å². The first-order chi connectivity index (χ1) is 13.5. The van der Waals surface area contributed by atoms with Crippen molar-refractivity contribution in [2.45, 2.75) is 6.61 Å². The van der Waals surface area contributed by atoms with Crippen LogP contribution in [-0.2, 0) is 26.2 Å². The lowest BCUT2D eigenvalue weighted by Gasteiger charge is -2.26. The molecule has 0 N–H and O–H groups in total. The van der Waals surface area contributed by atoms with Gasteiger partial charge in [-0.15, -0.1) is 4.40 Å². The summed E-state index contributed by atoms with van der Waals surface area (Å²) in [5.41, 5.74) is 3.48. The Bertz CT molecular complexity index is 1080. The Morgan fingerprint density at radius 1 is 1.00 bits per heavy atom. The minimum atomic E-state index is -3.41. The fraction of sp³-hybridized carbons (Fsp3) is 0.143. The summed E-state index contributed by atoms with van der Waals surface area (Å²) in [6.07, 6.45) is 4.62. The molecule has 2 aliphatic rings. The van der Waals surface area contributed by atoms with Crippen molar-refractivity contribution < 1.29 is 17.9 Å². The molecule has 0 unspecified atom stereocenters. The molecule has 4 rings (SSSR count). The zero-order valence-corrected chi connectivity index (χ0v) is 15.8. The number of carbonyl (C=O) groups excluding carboxylic acids is 1. The van der Waals surface area contributed by atoms with E-state index in [1.165, 1.54) is 12.2 Å². The van der Waals surface area contributed by atoms with Crippen LogP contribution < -0.4 is 0 Å². The Morgan fingerprint density at radius 2 is 1.71 bits per heavy atom. The van der Waals surface area contributed by atoms with Crippen LogP contribution >= 0.6 is 0 Å². The Labute approximate surface area is 163 Å². The number of carbonyl (C=O) groups is 1. The molecule has 0 aromatic heterocycles. The lowest BCUT2D eigenvalue weighted by atomic mass is 10.0. The number of ether oxygens (including phenoxy) is 1. The number of hydrogen-bond acceptors (Lipinski definition) is 5. The van der Waals surface area contributed by atoms with Crippen LogP contribution in [0, 0.1) is 0 Å². The smallest absolute Gasteiger partial charge is 0.339 e. The number of nitrogens with zero attached hydrogens (tertiary/aromatic N) is 2. The minimum Gasteiger partial charge on any atom is -0.457 e. The molecule has 0 radical (unpaired) electrons. The van der Waals surface area contributed by atoms with Gasteiger partial charge < -0.3 is 9.64 Å². The molecule has 0 saturated carbocycles. The average Bonchev–Trinajstić information content (AvgIpc) is 2.72. The quantitative estimate of drug-likeness (QED) is 0.746. The molecule has 142 valence electrons. The van der Waals surface area contributed by atoms with Crippen molar-refractivity contribution in [1.82, 2.24) is 4.90 Å². The van der Waals surface area contributed by atoms with Crippen molar-refractivity contribution in [3.05, 3.63) is 84.1 Å². The van der Waals surface area contributed by atoms with Crippen molar-refractivity contribution in [2.75, 3.05) is 12.3 Å². The van der Waals surface area contributed by atoms with Gasteiger partial charge in [-0.25, -0.2) is 13.2 Å². The second-order valence-corrected chi connectivity index (χ2v) is 8.24. The molecule has 2 aromatic rings. The Hall–Kier alpha value is -3.19. The maximum Gasteiger partial charge on any atom is 0.339 e. The zero-order chi connectivity index (χ0) is 19.6. The van der Waals surface area contributed by atoms with Crippen molar-refractivity contribution in [1.29, 1.82) is 0 Å². The van der Waals surface area contributed by atoms with Crippen LogP contribution in [0.25, 0.3) is 11.1 Å². The van der Waals surface area contributed by atoms with Crippen molar-refractivity contribution in [3.63, 3.8) is 0 Å². The molecule has 0 aliphatic carbocycles. The van der Waals surface area contributed by atoms with E-state index in [0.717, 1.165) is 16.7 Å². The highest BCUT2D eigenvalue weighted by Crippen LogP contribution is 2.20. The van der Waals surface area contributed by atoms with Crippen LogP contribution in [0.5, 0.6) is 0 Å². The SMILES string of the molecule is O=C(OCc1ccc(-c2ccccc2)cc1)C1=CN2CCS(=O)(=O)N=C2C=C1. The summed E-state index contributed by atoms with van der Waals surface area (Å²) in [6.45, 7) is 0.428. The Morgan fingerprint density at radius 3 is 2.46 bits per heavy atom. The molecule has 0 saturated heterocycles. The Kier molecular flexibility index (Phi) is 4.83. The monoisotopic (exact) mass is 394 g/mol. The molecule has 2 aromatic carbocycles. The first kappa shape index (κ1) is 18.2. The lowest BCUT2D eigenvalue weighted by molar-refractivity contribution is -0.139. The van der Waals surface area contributed by atoms with E-state index in [1.54, 1.807) is 11.1 Å². The van der Waals surface area contributed by atoms with Crippen LogP contribution in [0.15, 0.2) is 82.9 Å². The maximum absolute atomic E-state index is 12.3. The van der Waals surface area contributed by atoms with Gasteiger partial charge in [0.05, 0.1) is 11.3 Å². The summed E-state index contributed by atoms with van der Waals surface area (Å²) in [6, 6.07) is 17.9. The molecule has 6 nitrogen and oxygen atoms in total. The number of sulfonamides is 1. The first-order valence-corrected chi connectivity index (χ1v) is 10.4. The lowest BCUT2D eigenvalue weighted by Crippen LogP contribution is -2.37. The third-order valence-electron chi connectivity index (χ3n) is 4.49.